The van der Waals surface area contributed by atoms with Gasteiger partial charge in [-0.25, -0.2) is 0 Å². The summed E-state index contributed by atoms with van der Waals surface area (Å²) in [7, 11) is 0. The Labute approximate surface area is 73.3 Å². The Balaban J connectivity index is 3.02. The molecule has 0 saturated carbocycles. The highest BCUT2D eigenvalue weighted by molar-refractivity contribution is 7.15. The van der Waals surface area contributed by atoms with Crippen LogP contribution in [0, 0.1) is 13.8 Å². The number of hydrogen-bond donors (Lipinski definition) is 0. The molecule has 0 atom stereocenters. The van der Waals surface area contributed by atoms with Crippen molar-refractivity contribution in [2.45, 2.75) is 13.8 Å². The lowest BCUT2D eigenvalue weighted by molar-refractivity contribution is 1.00. The molecule has 0 bridgehead atoms. The quantitative estimate of drug-likeness (QED) is 0.613. The predicted molar refractivity (Wildman–Crippen MR) is 48.8 cm³/mol. The first-order chi connectivity index (χ1) is 5.70. The maximum atomic E-state index is 11.1. The molecule has 2 aromatic heterocycles. The van der Waals surface area contributed by atoms with Gasteiger partial charge in [-0.15, -0.1) is 11.3 Å². The number of fused-ring (bicyclic) bond motifs is 1. The lowest BCUT2D eigenvalue weighted by Crippen LogP contribution is -2.10. The number of nitrogens with zero attached hydrogens (tertiary/aromatic N) is 2. The minimum atomic E-state index is -0.128. The van der Waals surface area contributed by atoms with E-state index in [2.05, 4.69) is 4.98 Å². The van der Waals surface area contributed by atoms with Gasteiger partial charge in [-0.05, 0) is 13.8 Å². The first-order valence-corrected chi connectivity index (χ1v) is 4.50. The maximum absolute atomic E-state index is 11.1. The van der Waals surface area contributed by atoms with Crippen LogP contribution in [0.5, 0.6) is 0 Å². The summed E-state index contributed by atoms with van der Waals surface area (Å²) < 4.78 is 1.93. The molecule has 0 fully saturated rings. The molecule has 4 heteroatoms. The fourth-order valence-electron chi connectivity index (χ4n) is 1.13. The monoisotopic (exact) mass is 180 g/mol. The highest BCUT2D eigenvalue weighted by Crippen LogP contribution is 2.15. The molecule has 2 aromatic rings. The van der Waals surface area contributed by atoms with E-state index < -0.39 is 0 Å². The normalized spacial score (nSPS) is 10.8. The fraction of sp³-hybridized carbons (Fsp3) is 0.250. The van der Waals surface area contributed by atoms with Crippen LogP contribution in [0.4, 0.5) is 0 Å². The summed E-state index contributed by atoms with van der Waals surface area (Å²) in [5.74, 6) is 0. The van der Waals surface area contributed by atoms with Crippen molar-refractivity contribution in [3.05, 3.63) is 33.3 Å². The zero-order valence-corrected chi connectivity index (χ0v) is 7.68. The number of rotatable bonds is 0. The largest absolute Gasteiger partial charge is 0.295 e. The van der Waals surface area contributed by atoms with Crippen LogP contribution in [0.25, 0.3) is 4.83 Å². The van der Waals surface area contributed by atoms with Crippen LogP contribution in [-0.2, 0) is 0 Å². The van der Waals surface area contributed by atoms with Gasteiger partial charge in [0.25, 0.3) is 5.56 Å². The van der Waals surface area contributed by atoms with Crippen molar-refractivity contribution in [2.75, 3.05) is 0 Å². The van der Waals surface area contributed by atoms with Gasteiger partial charge in [-0.3, -0.25) is 9.20 Å². The standard InChI is InChI=1S/C8H8N2OS/c1-5-3-12-8-6(2)7(11)9-4-10(5)8/h3-4H,1-2H3. The van der Waals surface area contributed by atoms with Crippen molar-refractivity contribution >= 4 is 16.2 Å². The average Bonchev–Trinajstić information content (AvgIpc) is 2.41. The number of aryl methyl sites for hydroxylation is 2. The van der Waals surface area contributed by atoms with Crippen LogP contribution >= 0.6 is 11.3 Å². The van der Waals surface area contributed by atoms with E-state index >= 15 is 0 Å². The number of aromatic nitrogens is 2. The fourth-order valence-corrected chi connectivity index (χ4v) is 2.09. The third kappa shape index (κ3) is 0.881. The zero-order chi connectivity index (χ0) is 8.72. The van der Waals surface area contributed by atoms with Crippen LogP contribution in [-0.4, -0.2) is 9.38 Å². The van der Waals surface area contributed by atoms with Gasteiger partial charge in [-0.1, -0.05) is 0 Å². The molecule has 62 valence electrons. The van der Waals surface area contributed by atoms with Crippen molar-refractivity contribution in [1.29, 1.82) is 0 Å². The zero-order valence-electron chi connectivity index (χ0n) is 6.87. The average molecular weight is 180 g/mol. The van der Waals surface area contributed by atoms with E-state index in [4.69, 9.17) is 0 Å². The van der Waals surface area contributed by atoms with Gasteiger partial charge < -0.3 is 0 Å². The predicted octanol–water partition coefficient (Wildman–Crippen LogP) is 1.37. The Kier molecular flexibility index (Phi) is 1.51. The van der Waals surface area contributed by atoms with Crippen molar-refractivity contribution in [3.63, 3.8) is 0 Å². The second-order valence-corrected chi connectivity index (χ2v) is 3.59. The molecule has 0 amide bonds. The molecular formula is C8H8N2OS. The van der Waals surface area contributed by atoms with Gasteiger partial charge in [0.05, 0.1) is 5.56 Å². The molecular weight excluding hydrogens is 172 g/mol. The van der Waals surface area contributed by atoms with E-state index in [1.54, 1.807) is 24.6 Å². The molecule has 3 nitrogen and oxygen atoms in total. The molecule has 0 radical (unpaired) electrons. The molecule has 0 saturated heterocycles. The number of thiazole rings is 1. The van der Waals surface area contributed by atoms with Crippen molar-refractivity contribution in [1.82, 2.24) is 9.38 Å². The van der Waals surface area contributed by atoms with Gasteiger partial charge >= 0.3 is 0 Å². The van der Waals surface area contributed by atoms with E-state index in [-0.39, 0.29) is 5.56 Å². The van der Waals surface area contributed by atoms with Crippen LogP contribution in [0.15, 0.2) is 16.5 Å². The van der Waals surface area contributed by atoms with E-state index in [0.29, 0.717) is 0 Å². The van der Waals surface area contributed by atoms with Gasteiger partial charge in [-0.2, -0.15) is 4.98 Å². The molecule has 0 N–H and O–H groups in total. The molecule has 0 aliphatic rings. The maximum Gasteiger partial charge on any atom is 0.277 e. The first-order valence-electron chi connectivity index (χ1n) is 3.62. The minimum absolute atomic E-state index is 0.128. The van der Waals surface area contributed by atoms with Crippen molar-refractivity contribution in [2.24, 2.45) is 0 Å². The molecule has 0 aromatic carbocycles. The lowest BCUT2D eigenvalue weighted by Gasteiger charge is -1.96. The molecule has 12 heavy (non-hydrogen) atoms. The molecule has 0 aliphatic heterocycles. The van der Waals surface area contributed by atoms with E-state index in [0.717, 1.165) is 16.1 Å². The third-order valence-electron chi connectivity index (χ3n) is 1.87. The van der Waals surface area contributed by atoms with Crippen molar-refractivity contribution < 1.29 is 0 Å². The molecule has 0 aliphatic carbocycles. The van der Waals surface area contributed by atoms with Crippen LogP contribution in [0.3, 0.4) is 0 Å². The summed E-state index contributed by atoms with van der Waals surface area (Å²) in [5.41, 5.74) is 1.72. The van der Waals surface area contributed by atoms with Gasteiger partial charge in [0.15, 0.2) is 0 Å². The number of hydrogen-bond acceptors (Lipinski definition) is 3. The molecule has 2 rings (SSSR count). The summed E-state index contributed by atoms with van der Waals surface area (Å²) in [6.45, 7) is 3.80. The van der Waals surface area contributed by atoms with Crippen molar-refractivity contribution in [3.8, 4) is 0 Å². The first kappa shape index (κ1) is 7.49. The Morgan fingerprint density at radius 2 is 2.25 bits per heavy atom. The molecule has 0 unspecified atom stereocenters. The van der Waals surface area contributed by atoms with E-state index in [1.807, 2.05) is 16.7 Å². The summed E-state index contributed by atoms with van der Waals surface area (Å²) in [6.07, 6.45) is 1.58. The van der Waals surface area contributed by atoms with E-state index in [1.165, 1.54) is 0 Å². The Hall–Kier alpha value is -1.16. The Bertz CT molecular complexity index is 483. The highest BCUT2D eigenvalue weighted by Gasteiger charge is 2.03. The van der Waals surface area contributed by atoms with Gasteiger partial charge in [0.1, 0.15) is 11.2 Å². The van der Waals surface area contributed by atoms with Crippen LogP contribution < -0.4 is 5.56 Å². The second-order valence-electron chi connectivity index (χ2n) is 2.73. The summed E-state index contributed by atoms with van der Waals surface area (Å²) in [4.78, 5) is 15.9. The summed E-state index contributed by atoms with van der Waals surface area (Å²) in [5, 5.41) is 2.02. The SMILES string of the molecule is Cc1c(=O)ncn2c(C)csc12. The van der Waals surface area contributed by atoms with Gasteiger partial charge in [0.2, 0.25) is 0 Å². The Morgan fingerprint density at radius 3 is 3.00 bits per heavy atom. The third-order valence-corrected chi connectivity index (χ3v) is 3.06. The molecule has 0 spiro atoms. The van der Waals surface area contributed by atoms with Gasteiger partial charge in [0, 0.05) is 11.1 Å². The lowest BCUT2D eigenvalue weighted by atomic mass is 10.4. The summed E-state index contributed by atoms with van der Waals surface area (Å²) in [6, 6.07) is 0. The smallest absolute Gasteiger partial charge is 0.277 e. The molecule has 2 heterocycles. The second kappa shape index (κ2) is 2.42. The summed E-state index contributed by atoms with van der Waals surface area (Å²) >= 11 is 1.58. The van der Waals surface area contributed by atoms with E-state index in [9.17, 15) is 4.79 Å². The van der Waals surface area contributed by atoms with Crippen LogP contribution in [0.2, 0.25) is 0 Å². The topological polar surface area (TPSA) is 34.4 Å². The minimum Gasteiger partial charge on any atom is -0.295 e. The highest BCUT2D eigenvalue weighted by atomic mass is 32.1. The van der Waals surface area contributed by atoms with Crippen LogP contribution in [0.1, 0.15) is 11.3 Å². The Morgan fingerprint density at radius 1 is 1.50 bits per heavy atom.